The monoisotopic (exact) mass is 285 g/mol. The van der Waals surface area contributed by atoms with Gasteiger partial charge in [0.2, 0.25) is 0 Å². The molecule has 21 heavy (non-hydrogen) atoms. The van der Waals surface area contributed by atoms with Gasteiger partial charge in [-0.2, -0.15) is 5.10 Å². The zero-order valence-electron chi connectivity index (χ0n) is 13.5. The standard InChI is InChI=1S/C18H27N3/c1-4-21-16-9-6-5-8-14(16)15(20-21)12-18(19)11-7-10-17(2,3)13-18/h5-6,8-9H,4,7,10-13,19H2,1-3H3. The summed E-state index contributed by atoms with van der Waals surface area (Å²) in [5.74, 6) is 0. The van der Waals surface area contributed by atoms with E-state index in [0.29, 0.717) is 5.41 Å². The minimum atomic E-state index is -0.0998. The normalized spacial score (nSPS) is 25.3. The van der Waals surface area contributed by atoms with E-state index < -0.39 is 0 Å². The summed E-state index contributed by atoms with van der Waals surface area (Å²) < 4.78 is 2.10. The summed E-state index contributed by atoms with van der Waals surface area (Å²) in [5, 5.41) is 6.10. The Labute approximate surface area is 127 Å². The van der Waals surface area contributed by atoms with Crippen LogP contribution in [0.1, 0.15) is 52.1 Å². The molecule has 0 aliphatic heterocycles. The molecule has 3 nitrogen and oxygen atoms in total. The van der Waals surface area contributed by atoms with Crippen molar-refractivity contribution in [3.63, 3.8) is 0 Å². The zero-order valence-corrected chi connectivity index (χ0v) is 13.5. The van der Waals surface area contributed by atoms with E-state index in [4.69, 9.17) is 10.8 Å². The van der Waals surface area contributed by atoms with Crippen molar-refractivity contribution in [2.75, 3.05) is 0 Å². The molecule has 3 rings (SSSR count). The number of benzene rings is 1. The Morgan fingerprint density at radius 3 is 2.71 bits per heavy atom. The molecule has 2 N–H and O–H groups in total. The smallest absolute Gasteiger partial charge is 0.0721 e. The van der Waals surface area contributed by atoms with Gasteiger partial charge in [0.05, 0.1) is 11.2 Å². The van der Waals surface area contributed by atoms with Crippen molar-refractivity contribution >= 4 is 10.9 Å². The van der Waals surface area contributed by atoms with Gasteiger partial charge in [-0.15, -0.1) is 0 Å². The van der Waals surface area contributed by atoms with E-state index in [0.717, 1.165) is 25.8 Å². The molecule has 0 spiro atoms. The minimum absolute atomic E-state index is 0.0998. The first-order chi connectivity index (χ1) is 9.92. The van der Waals surface area contributed by atoms with E-state index in [2.05, 4.69) is 49.7 Å². The average Bonchev–Trinajstić information content (AvgIpc) is 2.75. The molecule has 1 aliphatic carbocycles. The van der Waals surface area contributed by atoms with E-state index in [1.807, 2.05) is 0 Å². The maximum absolute atomic E-state index is 6.76. The first-order valence-corrected chi connectivity index (χ1v) is 8.16. The highest BCUT2D eigenvalue weighted by Crippen LogP contribution is 2.41. The van der Waals surface area contributed by atoms with Crippen LogP contribution >= 0.6 is 0 Å². The molecule has 1 aromatic carbocycles. The molecule has 1 heterocycles. The molecule has 1 aliphatic rings. The molecule has 0 saturated heterocycles. The van der Waals surface area contributed by atoms with Crippen molar-refractivity contribution in [1.29, 1.82) is 0 Å². The lowest BCUT2D eigenvalue weighted by Gasteiger charge is -2.42. The van der Waals surface area contributed by atoms with Gasteiger partial charge in [0.15, 0.2) is 0 Å². The van der Waals surface area contributed by atoms with Crippen LogP contribution in [0.5, 0.6) is 0 Å². The van der Waals surface area contributed by atoms with Crippen LogP contribution in [-0.2, 0) is 13.0 Å². The summed E-state index contributed by atoms with van der Waals surface area (Å²) in [6, 6.07) is 8.52. The highest BCUT2D eigenvalue weighted by molar-refractivity contribution is 5.82. The van der Waals surface area contributed by atoms with Gasteiger partial charge in [-0.05, 0) is 37.7 Å². The summed E-state index contributed by atoms with van der Waals surface area (Å²) in [4.78, 5) is 0. The number of hydrogen-bond acceptors (Lipinski definition) is 2. The van der Waals surface area contributed by atoms with Crippen molar-refractivity contribution in [2.24, 2.45) is 11.1 Å². The molecule has 114 valence electrons. The van der Waals surface area contributed by atoms with Crippen LogP contribution < -0.4 is 5.73 Å². The van der Waals surface area contributed by atoms with E-state index in [9.17, 15) is 0 Å². The number of hydrogen-bond donors (Lipinski definition) is 1. The summed E-state index contributed by atoms with van der Waals surface area (Å²) in [6.07, 6.45) is 5.62. The Bertz CT molecular complexity index is 641. The second-order valence-corrected chi connectivity index (χ2v) is 7.51. The first kappa shape index (κ1) is 14.6. The molecule has 1 fully saturated rings. The molecule has 1 aromatic heterocycles. The molecule has 0 bridgehead atoms. The molecular formula is C18H27N3. The van der Waals surface area contributed by atoms with Gasteiger partial charge in [-0.3, -0.25) is 4.68 Å². The fourth-order valence-electron chi connectivity index (χ4n) is 4.10. The number of nitrogens with two attached hydrogens (primary N) is 1. The van der Waals surface area contributed by atoms with Gasteiger partial charge in [0, 0.05) is 23.9 Å². The van der Waals surface area contributed by atoms with Gasteiger partial charge in [-0.25, -0.2) is 0 Å². The minimum Gasteiger partial charge on any atom is -0.325 e. The summed E-state index contributed by atoms with van der Waals surface area (Å²) >= 11 is 0. The van der Waals surface area contributed by atoms with E-state index in [1.54, 1.807) is 0 Å². The number of fused-ring (bicyclic) bond motifs is 1. The van der Waals surface area contributed by atoms with Crippen molar-refractivity contribution in [3.8, 4) is 0 Å². The molecule has 1 unspecified atom stereocenters. The molecule has 2 aromatic rings. The lowest BCUT2D eigenvalue weighted by Crippen LogP contribution is -2.48. The SMILES string of the molecule is CCn1nc(CC2(N)CCCC(C)(C)C2)c2ccccc21. The van der Waals surface area contributed by atoms with Crippen LogP contribution in [0.4, 0.5) is 0 Å². The lowest BCUT2D eigenvalue weighted by molar-refractivity contribution is 0.150. The van der Waals surface area contributed by atoms with E-state index in [1.165, 1.54) is 29.4 Å². The lowest BCUT2D eigenvalue weighted by atomic mass is 9.67. The Balaban J connectivity index is 1.94. The third-order valence-electron chi connectivity index (χ3n) is 4.91. The van der Waals surface area contributed by atoms with Crippen molar-refractivity contribution in [2.45, 2.75) is 65.0 Å². The summed E-state index contributed by atoms with van der Waals surface area (Å²) in [6.45, 7) is 7.74. The van der Waals surface area contributed by atoms with Crippen LogP contribution in [0, 0.1) is 5.41 Å². The quantitative estimate of drug-likeness (QED) is 0.929. The predicted octanol–water partition coefficient (Wildman–Crippen LogP) is 3.90. The van der Waals surface area contributed by atoms with Crippen LogP contribution in [0.15, 0.2) is 24.3 Å². The predicted molar refractivity (Wildman–Crippen MR) is 88.3 cm³/mol. The topological polar surface area (TPSA) is 43.8 Å². The summed E-state index contributed by atoms with van der Waals surface area (Å²) in [7, 11) is 0. The van der Waals surface area contributed by atoms with E-state index >= 15 is 0 Å². The average molecular weight is 285 g/mol. The largest absolute Gasteiger partial charge is 0.325 e. The number of rotatable bonds is 3. The zero-order chi connectivity index (χ0) is 15.1. The van der Waals surface area contributed by atoms with Crippen LogP contribution in [0.3, 0.4) is 0 Å². The highest BCUT2D eigenvalue weighted by Gasteiger charge is 2.37. The number of para-hydroxylation sites is 1. The summed E-state index contributed by atoms with van der Waals surface area (Å²) in [5.41, 5.74) is 9.42. The van der Waals surface area contributed by atoms with Crippen LogP contribution in [0.2, 0.25) is 0 Å². The fraction of sp³-hybridized carbons (Fsp3) is 0.611. The second kappa shape index (κ2) is 5.13. The third-order valence-corrected chi connectivity index (χ3v) is 4.91. The van der Waals surface area contributed by atoms with Crippen molar-refractivity contribution in [1.82, 2.24) is 9.78 Å². The molecule has 0 radical (unpaired) electrons. The first-order valence-electron chi connectivity index (χ1n) is 8.16. The maximum atomic E-state index is 6.76. The third kappa shape index (κ3) is 2.84. The fourth-order valence-corrected chi connectivity index (χ4v) is 4.10. The Kier molecular flexibility index (Phi) is 3.56. The maximum Gasteiger partial charge on any atom is 0.0721 e. The van der Waals surface area contributed by atoms with Gasteiger partial charge in [-0.1, -0.05) is 38.5 Å². The molecule has 1 saturated carbocycles. The van der Waals surface area contributed by atoms with Crippen molar-refractivity contribution < 1.29 is 0 Å². The Hall–Kier alpha value is -1.35. The van der Waals surface area contributed by atoms with Gasteiger partial charge in [0.1, 0.15) is 0 Å². The second-order valence-electron chi connectivity index (χ2n) is 7.51. The Morgan fingerprint density at radius 1 is 1.24 bits per heavy atom. The number of aromatic nitrogens is 2. The Morgan fingerprint density at radius 2 is 2.00 bits per heavy atom. The van der Waals surface area contributed by atoms with E-state index in [-0.39, 0.29) is 5.54 Å². The molecular weight excluding hydrogens is 258 g/mol. The van der Waals surface area contributed by atoms with Crippen molar-refractivity contribution in [3.05, 3.63) is 30.0 Å². The number of nitrogens with zero attached hydrogens (tertiary/aromatic N) is 2. The number of aryl methyl sites for hydroxylation is 1. The molecule has 1 atom stereocenters. The van der Waals surface area contributed by atoms with Gasteiger partial charge >= 0.3 is 0 Å². The molecule has 3 heteroatoms. The van der Waals surface area contributed by atoms with Crippen LogP contribution in [0.25, 0.3) is 10.9 Å². The van der Waals surface area contributed by atoms with Gasteiger partial charge in [0.25, 0.3) is 0 Å². The molecule has 0 amide bonds. The highest BCUT2D eigenvalue weighted by atomic mass is 15.3. The van der Waals surface area contributed by atoms with Gasteiger partial charge < -0.3 is 5.73 Å². The van der Waals surface area contributed by atoms with Crippen LogP contribution in [-0.4, -0.2) is 15.3 Å².